The van der Waals surface area contributed by atoms with Crippen LogP contribution in [0.15, 0.2) is 53.0 Å². The molecule has 1 heterocycles. The monoisotopic (exact) mass is 372 g/mol. The lowest BCUT2D eigenvalue weighted by Crippen LogP contribution is -2.29. The van der Waals surface area contributed by atoms with Crippen LogP contribution >= 0.6 is 15.9 Å². The molecule has 1 fully saturated rings. The van der Waals surface area contributed by atoms with E-state index >= 15 is 0 Å². The Bertz CT molecular complexity index is 646. The molecule has 3 rings (SSSR count). The van der Waals surface area contributed by atoms with Gasteiger partial charge in [-0.2, -0.15) is 0 Å². The molecule has 1 saturated heterocycles. The molecule has 1 aliphatic heterocycles. The molecule has 0 unspecified atom stereocenters. The Kier molecular flexibility index (Phi) is 5.47. The van der Waals surface area contributed by atoms with Crippen molar-refractivity contribution in [1.29, 1.82) is 0 Å². The maximum absolute atomic E-state index is 12.3. The zero-order valence-electron chi connectivity index (χ0n) is 13.1. The summed E-state index contributed by atoms with van der Waals surface area (Å²) in [4.78, 5) is 14.8. The molecular formula is C19H21BrN2O. The summed E-state index contributed by atoms with van der Waals surface area (Å²) in [7, 11) is 0. The molecule has 0 aromatic heterocycles. The van der Waals surface area contributed by atoms with Crippen LogP contribution in [0, 0.1) is 0 Å². The molecular weight excluding hydrogens is 352 g/mol. The standard InChI is InChI=1S/C19H21BrN2O/c20-17-8-10-18(11-9-17)21-19(23)16-6-4-15(5-7-16)14-22-12-2-1-3-13-22/h4-11H,1-3,12-14H2,(H,21,23). The first-order valence-electron chi connectivity index (χ1n) is 8.09. The fourth-order valence-corrected chi connectivity index (χ4v) is 3.14. The van der Waals surface area contributed by atoms with Crippen LogP contribution < -0.4 is 5.32 Å². The van der Waals surface area contributed by atoms with Crippen LogP contribution in [0.1, 0.15) is 35.2 Å². The highest BCUT2D eigenvalue weighted by Crippen LogP contribution is 2.16. The smallest absolute Gasteiger partial charge is 0.255 e. The Morgan fingerprint density at radius 1 is 0.957 bits per heavy atom. The minimum Gasteiger partial charge on any atom is -0.322 e. The summed E-state index contributed by atoms with van der Waals surface area (Å²) in [6.45, 7) is 3.35. The van der Waals surface area contributed by atoms with E-state index < -0.39 is 0 Å². The predicted octanol–water partition coefficient (Wildman–Crippen LogP) is 4.69. The van der Waals surface area contributed by atoms with Gasteiger partial charge in [0.15, 0.2) is 0 Å². The number of hydrogen-bond donors (Lipinski definition) is 1. The van der Waals surface area contributed by atoms with Crippen molar-refractivity contribution in [3.63, 3.8) is 0 Å². The highest BCUT2D eigenvalue weighted by molar-refractivity contribution is 9.10. The Morgan fingerprint density at radius 3 is 2.26 bits per heavy atom. The minimum atomic E-state index is -0.0724. The van der Waals surface area contributed by atoms with Crippen LogP contribution in [0.2, 0.25) is 0 Å². The second-order valence-corrected chi connectivity index (χ2v) is 6.91. The lowest BCUT2D eigenvalue weighted by atomic mass is 10.1. The third-order valence-corrected chi connectivity index (χ3v) is 4.70. The number of benzene rings is 2. The number of nitrogens with zero attached hydrogens (tertiary/aromatic N) is 1. The van der Waals surface area contributed by atoms with Crippen molar-refractivity contribution in [2.24, 2.45) is 0 Å². The lowest BCUT2D eigenvalue weighted by molar-refractivity contribution is 0.102. The van der Waals surface area contributed by atoms with E-state index in [2.05, 4.69) is 38.3 Å². The van der Waals surface area contributed by atoms with Crippen molar-refractivity contribution in [3.05, 3.63) is 64.1 Å². The third-order valence-electron chi connectivity index (χ3n) is 4.17. The van der Waals surface area contributed by atoms with Gasteiger partial charge in [0, 0.05) is 22.3 Å². The van der Waals surface area contributed by atoms with Gasteiger partial charge >= 0.3 is 0 Å². The van der Waals surface area contributed by atoms with Gasteiger partial charge in [-0.25, -0.2) is 0 Å². The van der Waals surface area contributed by atoms with Gasteiger partial charge in [-0.3, -0.25) is 9.69 Å². The zero-order valence-corrected chi connectivity index (χ0v) is 14.7. The number of nitrogens with one attached hydrogen (secondary N) is 1. The topological polar surface area (TPSA) is 32.3 Å². The van der Waals surface area contributed by atoms with Crippen molar-refractivity contribution in [1.82, 2.24) is 4.90 Å². The summed E-state index contributed by atoms with van der Waals surface area (Å²) in [5.41, 5.74) is 2.76. The number of likely N-dealkylation sites (tertiary alicyclic amines) is 1. The molecule has 2 aromatic carbocycles. The zero-order chi connectivity index (χ0) is 16.1. The Balaban J connectivity index is 1.59. The van der Waals surface area contributed by atoms with Crippen LogP contribution in [-0.2, 0) is 6.54 Å². The highest BCUT2D eigenvalue weighted by Gasteiger charge is 2.11. The van der Waals surface area contributed by atoms with Crippen molar-refractivity contribution in [2.75, 3.05) is 18.4 Å². The van der Waals surface area contributed by atoms with Crippen LogP contribution in [0.5, 0.6) is 0 Å². The molecule has 2 aromatic rings. The van der Waals surface area contributed by atoms with Crippen LogP contribution in [0.25, 0.3) is 0 Å². The number of rotatable bonds is 4. The quantitative estimate of drug-likeness (QED) is 0.844. The third kappa shape index (κ3) is 4.66. The van der Waals surface area contributed by atoms with Crippen LogP contribution in [-0.4, -0.2) is 23.9 Å². The van der Waals surface area contributed by atoms with E-state index in [-0.39, 0.29) is 5.91 Å². The maximum atomic E-state index is 12.3. The molecule has 1 N–H and O–H groups in total. The van der Waals surface area contributed by atoms with Gasteiger partial charge in [-0.15, -0.1) is 0 Å². The van der Waals surface area contributed by atoms with E-state index in [9.17, 15) is 4.79 Å². The van der Waals surface area contributed by atoms with E-state index in [1.807, 2.05) is 36.4 Å². The molecule has 23 heavy (non-hydrogen) atoms. The Labute approximate surface area is 145 Å². The number of amides is 1. The number of anilines is 1. The van der Waals surface area contributed by atoms with Gasteiger partial charge in [-0.1, -0.05) is 34.5 Å². The summed E-state index contributed by atoms with van der Waals surface area (Å²) in [5.74, 6) is -0.0724. The average molecular weight is 373 g/mol. The Morgan fingerprint density at radius 2 is 1.61 bits per heavy atom. The minimum absolute atomic E-state index is 0.0724. The van der Waals surface area contributed by atoms with Gasteiger partial charge in [0.25, 0.3) is 5.91 Å². The van der Waals surface area contributed by atoms with Gasteiger partial charge in [0.1, 0.15) is 0 Å². The summed E-state index contributed by atoms with van der Waals surface area (Å²) in [5, 5.41) is 2.92. The van der Waals surface area contributed by atoms with Gasteiger partial charge < -0.3 is 5.32 Å². The van der Waals surface area contributed by atoms with Crippen molar-refractivity contribution >= 4 is 27.5 Å². The summed E-state index contributed by atoms with van der Waals surface area (Å²) in [6.07, 6.45) is 3.95. The fourth-order valence-electron chi connectivity index (χ4n) is 2.87. The first-order valence-corrected chi connectivity index (χ1v) is 8.88. The first-order chi connectivity index (χ1) is 11.2. The number of halogens is 1. The second kappa shape index (κ2) is 7.75. The van der Waals surface area contributed by atoms with Crippen molar-refractivity contribution < 1.29 is 4.79 Å². The van der Waals surface area contributed by atoms with Crippen molar-refractivity contribution in [3.8, 4) is 0 Å². The molecule has 4 heteroatoms. The van der Waals surface area contributed by atoms with E-state index in [0.29, 0.717) is 5.56 Å². The number of hydrogen-bond acceptors (Lipinski definition) is 2. The SMILES string of the molecule is O=C(Nc1ccc(Br)cc1)c1ccc(CN2CCCCC2)cc1. The number of carbonyl (C=O) groups is 1. The molecule has 3 nitrogen and oxygen atoms in total. The van der Waals surface area contributed by atoms with Crippen LogP contribution in [0.3, 0.4) is 0 Å². The van der Waals surface area contributed by atoms with E-state index in [4.69, 9.17) is 0 Å². The molecule has 0 radical (unpaired) electrons. The summed E-state index contributed by atoms with van der Waals surface area (Å²) in [6, 6.07) is 15.5. The number of carbonyl (C=O) groups excluding carboxylic acids is 1. The first kappa shape index (κ1) is 16.2. The lowest BCUT2D eigenvalue weighted by Gasteiger charge is -2.26. The molecule has 0 bridgehead atoms. The molecule has 1 amide bonds. The van der Waals surface area contributed by atoms with Crippen molar-refractivity contribution in [2.45, 2.75) is 25.8 Å². The van der Waals surface area contributed by atoms with Crippen LogP contribution in [0.4, 0.5) is 5.69 Å². The van der Waals surface area contributed by atoms with Gasteiger partial charge in [0.2, 0.25) is 0 Å². The van der Waals surface area contributed by atoms with Gasteiger partial charge in [0.05, 0.1) is 0 Å². The summed E-state index contributed by atoms with van der Waals surface area (Å²) < 4.78 is 0.998. The Hall–Kier alpha value is -1.65. The fraction of sp³-hybridized carbons (Fsp3) is 0.316. The normalized spacial score (nSPS) is 15.3. The van der Waals surface area contributed by atoms with E-state index in [0.717, 1.165) is 16.7 Å². The van der Waals surface area contributed by atoms with Gasteiger partial charge in [-0.05, 0) is 67.9 Å². The molecule has 120 valence electrons. The average Bonchev–Trinajstić information content (AvgIpc) is 2.58. The number of piperidine rings is 1. The summed E-state index contributed by atoms with van der Waals surface area (Å²) >= 11 is 3.39. The predicted molar refractivity (Wildman–Crippen MR) is 97.7 cm³/mol. The highest BCUT2D eigenvalue weighted by atomic mass is 79.9. The van der Waals surface area contributed by atoms with E-state index in [1.54, 1.807) is 0 Å². The second-order valence-electron chi connectivity index (χ2n) is 5.99. The molecule has 0 saturated carbocycles. The molecule has 0 atom stereocenters. The van der Waals surface area contributed by atoms with E-state index in [1.165, 1.54) is 37.9 Å². The molecule has 0 aliphatic carbocycles. The molecule has 0 spiro atoms. The maximum Gasteiger partial charge on any atom is 0.255 e. The largest absolute Gasteiger partial charge is 0.322 e. The molecule has 1 aliphatic rings.